The summed E-state index contributed by atoms with van der Waals surface area (Å²) >= 11 is 0.781. The van der Waals surface area contributed by atoms with E-state index in [0.29, 0.717) is 5.75 Å². The van der Waals surface area contributed by atoms with Crippen LogP contribution in [0.4, 0.5) is 5.13 Å². The third-order valence-electron chi connectivity index (χ3n) is 2.80. The normalized spacial score (nSPS) is 12.6. The van der Waals surface area contributed by atoms with Crippen LogP contribution in [0.1, 0.15) is 19.4 Å². The van der Waals surface area contributed by atoms with Crippen LogP contribution in [0.2, 0.25) is 0 Å². The molecule has 0 unspecified atom stereocenters. The van der Waals surface area contributed by atoms with Crippen molar-refractivity contribution in [2.75, 3.05) is 11.9 Å². The first kappa shape index (κ1) is 18.3. The van der Waals surface area contributed by atoms with E-state index in [-0.39, 0.29) is 22.0 Å². The average Bonchev–Trinajstić information content (AvgIpc) is 2.95. The van der Waals surface area contributed by atoms with Crippen molar-refractivity contribution in [3.63, 3.8) is 0 Å². The summed E-state index contributed by atoms with van der Waals surface area (Å²) in [6.07, 6.45) is 0. The van der Waals surface area contributed by atoms with E-state index in [0.717, 1.165) is 16.9 Å². The topological polar surface area (TPSA) is 110 Å². The van der Waals surface area contributed by atoms with Gasteiger partial charge in [-0.1, -0.05) is 29.0 Å². The standard InChI is InChI=1S/C14H18N4O4S2/c1-9-4-6-12(7-5-9)22-8-10(2)18-24(20,21)14-17-16-13(23-14)15-11(3)19/h4-7,10,18H,8H2,1-3H3,(H,15,16,19)/t10-/m1/s1. The van der Waals surface area contributed by atoms with Gasteiger partial charge in [0.15, 0.2) is 0 Å². The monoisotopic (exact) mass is 370 g/mol. The molecule has 0 spiro atoms. The van der Waals surface area contributed by atoms with E-state index < -0.39 is 16.1 Å². The van der Waals surface area contributed by atoms with Crippen LogP contribution < -0.4 is 14.8 Å². The van der Waals surface area contributed by atoms with Crippen molar-refractivity contribution in [2.45, 2.75) is 31.2 Å². The maximum atomic E-state index is 12.2. The third-order valence-corrected chi connectivity index (χ3v) is 5.59. The minimum absolute atomic E-state index is 0.131. The van der Waals surface area contributed by atoms with Gasteiger partial charge in [-0.2, -0.15) is 0 Å². The Balaban J connectivity index is 1.94. The summed E-state index contributed by atoms with van der Waals surface area (Å²) in [5.41, 5.74) is 1.11. The molecule has 0 aliphatic heterocycles. The van der Waals surface area contributed by atoms with Crippen LogP contribution in [0, 0.1) is 6.92 Å². The van der Waals surface area contributed by atoms with E-state index in [1.54, 1.807) is 6.92 Å². The molecule has 130 valence electrons. The van der Waals surface area contributed by atoms with Crippen LogP contribution >= 0.6 is 11.3 Å². The Morgan fingerprint density at radius 1 is 1.29 bits per heavy atom. The van der Waals surface area contributed by atoms with Crippen LogP contribution in [0.25, 0.3) is 0 Å². The molecule has 0 fully saturated rings. The minimum Gasteiger partial charge on any atom is -0.492 e. The molecule has 1 aromatic heterocycles. The number of hydrogen-bond acceptors (Lipinski definition) is 7. The zero-order valence-corrected chi connectivity index (χ0v) is 15.1. The summed E-state index contributed by atoms with van der Waals surface area (Å²) in [4.78, 5) is 10.9. The number of anilines is 1. The number of carbonyl (C=O) groups excluding carboxylic acids is 1. The molecular weight excluding hydrogens is 352 g/mol. The lowest BCUT2D eigenvalue weighted by molar-refractivity contribution is -0.114. The number of benzene rings is 1. The number of hydrogen-bond donors (Lipinski definition) is 2. The number of aromatic nitrogens is 2. The van der Waals surface area contributed by atoms with Crippen LogP contribution in [-0.2, 0) is 14.8 Å². The Morgan fingerprint density at radius 2 is 1.96 bits per heavy atom. The Morgan fingerprint density at radius 3 is 2.58 bits per heavy atom. The highest BCUT2D eigenvalue weighted by Gasteiger charge is 2.23. The number of amides is 1. The zero-order valence-electron chi connectivity index (χ0n) is 13.4. The van der Waals surface area contributed by atoms with E-state index in [4.69, 9.17) is 4.74 Å². The lowest BCUT2D eigenvalue weighted by atomic mass is 10.2. The van der Waals surface area contributed by atoms with E-state index in [1.165, 1.54) is 6.92 Å². The van der Waals surface area contributed by atoms with E-state index >= 15 is 0 Å². The highest BCUT2D eigenvalue weighted by Crippen LogP contribution is 2.20. The lowest BCUT2D eigenvalue weighted by Crippen LogP contribution is -2.36. The first-order chi connectivity index (χ1) is 11.3. The van der Waals surface area contributed by atoms with Crippen LogP contribution in [0.5, 0.6) is 5.75 Å². The Hall–Kier alpha value is -2.04. The molecule has 0 aliphatic rings. The Labute approximate surface area is 144 Å². The van der Waals surface area contributed by atoms with Gasteiger partial charge >= 0.3 is 0 Å². The highest BCUT2D eigenvalue weighted by atomic mass is 32.2. The number of carbonyl (C=O) groups is 1. The van der Waals surface area contributed by atoms with Gasteiger partial charge in [0.25, 0.3) is 10.0 Å². The maximum Gasteiger partial charge on any atom is 0.270 e. The lowest BCUT2D eigenvalue weighted by Gasteiger charge is -2.14. The molecule has 1 heterocycles. The summed E-state index contributed by atoms with van der Waals surface area (Å²) in [7, 11) is -3.82. The molecule has 0 bridgehead atoms. The van der Waals surface area contributed by atoms with Crippen molar-refractivity contribution in [2.24, 2.45) is 0 Å². The van der Waals surface area contributed by atoms with Crippen LogP contribution in [-0.4, -0.2) is 37.2 Å². The fraction of sp³-hybridized carbons (Fsp3) is 0.357. The smallest absolute Gasteiger partial charge is 0.270 e. The molecule has 1 aromatic carbocycles. The summed E-state index contributed by atoms with van der Waals surface area (Å²) in [5.74, 6) is 0.318. The number of aryl methyl sites for hydroxylation is 1. The summed E-state index contributed by atoms with van der Waals surface area (Å²) in [6.45, 7) is 5.12. The quantitative estimate of drug-likeness (QED) is 0.716. The number of ether oxygens (including phenoxy) is 1. The van der Waals surface area contributed by atoms with Crippen molar-refractivity contribution in [3.05, 3.63) is 29.8 Å². The van der Waals surface area contributed by atoms with Gasteiger partial charge in [0, 0.05) is 6.92 Å². The summed E-state index contributed by atoms with van der Waals surface area (Å²) in [6, 6.07) is 7.00. The van der Waals surface area contributed by atoms with E-state index in [1.807, 2.05) is 31.2 Å². The third kappa shape index (κ3) is 5.25. The second-order valence-corrected chi connectivity index (χ2v) is 8.07. The van der Waals surface area contributed by atoms with Crippen LogP contribution in [0.15, 0.2) is 28.6 Å². The minimum atomic E-state index is -3.82. The first-order valence-corrected chi connectivity index (χ1v) is 9.39. The van der Waals surface area contributed by atoms with Crippen molar-refractivity contribution in [1.82, 2.24) is 14.9 Å². The van der Waals surface area contributed by atoms with E-state index in [2.05, 4.69) is 20.2 Å². The van der Waals surface area contributed by atoms with Crippen molar-refractivity contribution in [3.8, 4) is 5.75 Å². The van der Waals surface area contributed by atoms with Gasteiger partial charge in [0.1, 0.15) is 12.4 Å². The van der Waals surface area contributed by atoms with Gasteiger partial charge in [-0.15, -0.1) is 10.2 Å². The number of nitrogens with zero attached hydrogens (tertiary/aromatic N) is 2. The highest BCUT2D eigenvalue weighted by molar-refractivity contribution is 7.91. The van der Waals surface area contributed by atoms with Gasteiger partial charge in [-0.25, -0.2) is 13.1 Å². The molecule has 2 N–H and O–H groups in total. The predicted octanol–water partition coefficient (Wildman–Crippen LogP) is 1.55. The SMILES string of the molecule is CC(=O)Nc1nnc(S(=O)(=O)N[C@H](C)COc2ccc(C)cc2)s1. The van der Waals surface area contributed by atoms with Gasteiger partial charge in [-0.3, -0.25) is 4.79 Å². The fourth-order valence-corrected chi connectivity index (χ4v) is 3.91. The van der Waals surface area contributed by atoms with Crippen molar-refractivity contribution < 1.29 is 17.9 Å². The van der Waals surface area contributed by atoms with Crippen molar-refractivity contribution >= 4 is 32.4 Å². The maximum absolute atomic E-state index is 12.2. The number of nitrogens with one attached hydrogen (secondary N) is 2. The second kappa shape index (κ2) is 7.69. The van der Waals surface area contributed by atoms with Crippen molar-refractivity contribution in [1.29, 1.82) is 0 Å². The first-order valence-electron chi connectivity index (χ1n) is 7.09. The van der Waals surface area contributed by atoms with E-state index in [9.17, 15) is 13.2 Å². The Bertz CT molecular complexity index is 802. The largest absolute Gasteiger partial charge is 0.492 e. The molecule has 1 amide bonds. The predicted molar refractivity (Wildman–Crippen MR) is 90.7 cm³/mol. The van der Waals surface area contributed by atoms with Gasteiger partial charge in [0.2, 0.25) is 15.4 Å². The van der Waals surface area contributed by atoms with Gasteiger partial charge < -0.3 is 10.1 Å². The summed E-state index contributed by atoms with van der Waals surface area (Å²) in [5, 5.41) is 9.72. The molecule has 0 aliphatic carbocycles. The Kier molecular flexibility index (Phi) is 5.86. The molecule has 0 saturated heterocycles. The molecule has 0 radical (unpaired) electrons. The number of sulfonamides is 1. The van der Waals surface area contributed by atoms with Gasteiger partial charge in [-0.05, 0) is 26.0 Å². The van der Waals surface area contributed by atoms with Gasteiger partial charge in [0.05, 0.1) is 6.04 Å². The molecule has 1 atom stereocenters. The van der Waals surface area contributed by atoms with Crippen LogP contribution in [0.3, 0.4) is 0 Å². The molecule has 0 saturated carbocycles. The summed E-state index contributed by atoms with van der Waals surface area (Å²) < 4.78 is 32.2. The molecule has 8 nitrogen and oxygen atoms in total. The molecular formula is C14H18N4O4S2. The fourth-order valence-electron chi connectivity index (χ4n) is 1.72. The molecule has 10 heteroatoms. The zero-order chi connectivity index (χ0) is 17.7. The number of rotatable bonds is 7. The molecule has 2 rings (SSSR count). The molecule has 24 heavy (non-hydrogen) atoms. The average molecular weight is 370 g/mol. The second-order valence-electron chi connectivity index (χ2n) is 5.20. The molecule has 2 aromatic rings.